The molecule has 5 heteroatoms. The van der Waals surface area contributed by atoms with Crippen LogP contribution in [0.25, 0.3) is 22.8 Å². The molecule has 134 valence electrons. The molecule has 0 atom stereocenters. The Hall–Kier alpha value is -3.47. The first-order valence-electron chi connectivity index (χ1n) is 8.56. The van der Waals surface area contributed by atoms with Crippen LogP contribution in [0.3, 0.4) is 0 Å². The molecule has 27 heavy (non-hydrogen) atoms. The van der Waals surface area contributed by atoms with Crippen LogP contribution in [-0.4, -0.2) is 10.1 Å². The first-order valence-corrected chi connectivity index (χ1v) is 8.56. The second-order valence-electron chi connectivity index (χ2n) is 6.19. The first-order chi connectivity index (χ1) is 13.2. The molecule has 4 nitrogen and oxygen atoms in total. The molecule has 4 aromatic rings. The number of hydrogen-bond acceptors (Lipinski definition) is 4. The van der Waals surface area contributed by atoms with Gasteiger partial charge in [-0.2, -0.15) is 4.98 Å². The van der Waals surface area contributed by atoms with Gasteiger partial charge in [0.25, 0.3) is 5.89 Å². The Balaban J connectivity index is 1.46. The van der Waals surface area contributed by atoms with E-state index in [-0.39, 0.29) is 12.4 Å². The highest BCUT2D eigenvalue weighted by Crippen LogP contribution is 2.24. The lowest BCUT2D eigenvalue weighted by Crippen LogP contribution is -1.98. The molecule has 1 aromatic heterocycles. The minimum Gasteiger partial charge on any atom is -0.489 e. The van der Waals surface area contributed by atoms with Crippen LogP contribution in [0, 0.1) is 12.7 Å². The van der Waals surface area contributed by atoms with Gasteiger partial charge in [0, 0.05) is 16.7 Å². The predicted octanol–water partition coefficient (Wildman–Crippen LogP) is 5.43. The second kappa shape index (κ2) is 7.41. The van der Waals surface area contributed by atoms with Crippen molar-refractivity contribution in [1.82, 2.24) is 10.1 Å². The number of benzene rings is 3. The van der Waals surface area contributed by atoms with Crippen LogP contribution in [0.5, 0.6) is 5.75 Å². The number of aryl methyl sites for hydroxylation is 1. The summed E-state index contributed by atoms with van der Waals surface area (Å²) in [4.78, 5) is 4.45. The quantitative estimate of drug-likeness (QED) is 0.476. The van der Waals surface area contributed by atoms with Crippen LogP contribution >= 0.6 is 0 Å². The van der Waals surface area contributed by atoms with Crippen LogP contribution in [-0.2, 0) is 6.61 Å². The average Bonchev–Trinajstić information content (AvgIpc) is 3.18. The number of hydrogen-bond donors (Lipinski definition) is 0. The number of rotatable bonds is 5. The SMILES string of the molecule is Cc1ccc(-c2nc(-c3ccc(OCc4ccccc4F)cc3)no2)cc1. The van der Waals surface area contributed by atoms with Crippen LogP contribution in [0.4, 0.5) is 4.39 Å². The minimum absolute atomic E-state index is 0.172. The fourth-order valence-corrected chi connectivity index (χ4v) is 2.63. The highest BCUT2D eigenvalue weighted by molar-refractivity contribution is 5.60. The standard InChI is InChI=1S/C22H17FN2O2/c1-15-6-8-17(9-7-15)22-24-21(25-27-22)16-10-12-19(13-11-16)26-14-18-4-2-3-5-20(18)23/h2-13H,14H2,1H3. The Morgan fingerprint density at radius 3 is 2.33 bits per heavy atom. The zero-order chi connectivity index (χ0) is 18.6. The van der Waals surface area contributed by atoms with Gasteiger partial charge in [0.2, 0.25) is 5.82 Å². The largest absolute Gasteiger partial charge is 0.489 e. The molecule has 0 saturated carbocycles. The molecule has 0 fully saturated rings. The van der Waals surface area contributed by atoms with Gasteiger partial charge in [-0.3, -0.25) is 0 Å². The van der Waals surface area contributed by atoms with E-state index >= 15 is 0 Å². The summed E-state index contributed by atoms with van der Waals surface area (Å²) < 4.78 is 24.6. The highest BCUT2D eigenvalue weighted by atomic mass is 19.1. The Bertz CT molecular complexity index is 1040. The van der Waals surface area contributed by atoms with Crippen molar-refractivity contribution in [3.8, 4) is 28.6 Å². The maximum absolute atomic E-state index is 13.6. The molecule has 0 N–H and O–H groups in total. The fraction of sp³-hybridized carbons (Fsp3) is 0.0909. The van der Waals surface area contributed by atoms with Crippen molar-refractivity contribution in [3.63, 3.8) is 0 Å². The third kappa shape index (κ3) is 3.87. The Morgan fingerprint density at radius 2 is 1.59 bits per heavy atom. The first kappa shape index (κ1) is 17.0. The third-order valence-electron chi connectivity index (χ3n) is 4.19. The van der Waals surface area contributed by atoms with Gasteiger partial charge in [-0.15, -0.1) is 0 Å². The summed E-state index contributed by atoms with van der Waals surface area (Å²) in [6, 6.07) is 21.8. The lowest BCUT2D eigenvalue weighted by atomic mass is 10.1. The number of nitrogens with zero attached hydrogens (tertiary/aromatic N) is 2. The van der Waals surface area contributed by atoms with E-state index < -0.39 is 0 Å². The molecule has 0 spiro atoms. The van der Waals surface area contributed by atoms with Gasteiger partial charge < -0.3 is 9.26 Å². The predicted molar refractivity (Wildman–Crippen MR) is 101 cm³/mol. The topological polar surface area (TPSA) is 48.2 Å². The van der Waals surface area contributed by atoms with Crippen LogP contribution in [0.2, 0.25) is 0 Å². The van der Waals surface area contributed by atoms with Crippen molar-refractivity contribution < 1.29 is 13.7 Å². The zero-order valence-electron chi connectivity index (χ0n) is 14.7. The summed E-state index contributed by atoms with van der Waals surface area (Å²) in [5.41, 5.74) is 3.38. The van der Waals surface area contributed by atoms with Gasteiger partial charge in [0.05, 0.1) is 0 Å². The lowest BCUT2D eigenvalue weighted by Gasteiger charge is -2.07. The molecular weight excluding hydrogens is 343 g/mol. The van der Waals surface area contributed by atoms with E-state index in [0.29, 0.717) is 23.0 Å². The molecule has 1 heterocycles. The van der Waals surface area contributed by atoms with Gasteiger partial charge >= 0.3 is 0 Å². The van der Waals surface area contributed by atoms with E-state index in [1.165, 1.54) is 11.6 Å². The maximum atomic E-state index is 13.6. The van der Waals surface area contributed by atoms with E-state index in [4.69, 9.17) is 9.26 Å². The molecule has 0 aliphatic carbocycles. The second-order valence-corrected chi connectivity index (χ2v) is 6.19. The molecule has 0 aliphatic heterocycles. The van der Waals surface area contributed by atoms with Crippen molar-refractivity contribution in [2.45, 2.75) is 13.5 Å². The van der Waals surface area contributed by atoms with Crippen molar-refractivity contribution >= 4 is 0 Å². The van der Waals surface area contributed by atoms with E-state index in [1.807, 2.05) is 43.3 Å². The molecule has 0 bridgehead atoms. The lowest BCUT2D eigenvalue weighted by molar-refractivity contribution is 0.300. The van der Waals surface area contributed by atoms with E-state index in [0.717, 1.165) is 11.1 Å². The molecule has 0 amide bonds. The smallest absolute Gasteiger partial charge is 0.258 e. The van der Waals surface area contributed by atoms with Crippen LogP contribution in [0.1, 0.15) is 11.1 Å². The number of aromatic nitrogens is 2. The van der Waals surface area contributed by atoms with E-state index in [1.54, 1.807) is 30.3 Å². The normalized spacial score (nSPS) is 10.7. The van der Waals surface area contributed by atoms with Gasteiger partial charge in [0.1, 0.15) is 18.2 Å². The maximum Gasteiger partial charge on any atom is 0.258 e. The monoisotopic (exact) mass is 360 g/mol. The molecule has 4 rings (SSSR count). The highest BCUT2D eigenvalue weighted by Gasteiger charge is 2.11. The van der Waals surface area contributed by atoms with E-state index in [9.17, 15) is 4.39 Å². The van der Waals surface area contributed by atoms with Gasteiger partial charge in [-0.1, -0.05) is 41.1 Å². The van der Waals surface area contributed by atoms with Gasteiger partial charge in [-0.25, -0.2) is 4.39 Å². The van der Waals surface area contributed by atoms with E-state index in [2.05, 4.69) is 10.1 Å². The number of ether oxygens (including phenoxy) is 1. The number of halogens is 1. The molecule has 0 saturated heterocycles. The summed E-state index contributed by atoms with van der Waals surface area (Å²) in [5, 5.41) is 4.04. The Morgan fingerprint density at radius 1 is 0.889 bits per heavy atom. The molecule has 0 aliphatic rings. The van der Waals surface area contributed by atoms with Crippen molar-refractivity contribution in [2.24, 2.45) is 0 Å². The Kier molecular flexibility index (Phi) is 4.66. The zero-order valence-corrected chi connectivity index (χ0v) is 14.7. The third-order valence-corrected chi connectivity index (χ3v) is 4.19. The Labute approximate surface area is 156 Å². The van der Waals surface area contributed by atoms with Gasteiger partial charge in [-0.05, 0) is 49.4 Å². The average molecular weight is 360 g/mol. The van der Waals surface area contributed by atoms with Crippen molar-refractivity contribution in [2.75, 3.05) is 0 Å². The molecule has 0 radical (unpaired) electrons. The summed E-state index contributed by atoms with van der Waals surface area (Å²) in [6.45, 7) is 2.20. The van der Waals surface area contributed by atoms with Crippen molar-refractivity contribution in [3.05, 3.63) is 89.7 Å². The molecular formula is C22H17FN2O2. The molecule has 3 aromatic carbocycles. The minimum atomic E-state index is -0.274. The van der Waals surface area contributed by atoms with Crippen LogP contribution < -0.4 is 4.74 Å². The fourth-order valence-electron chi connectivity index (χ4n) is 2.63. The summed E-state index contributed by atoms with van der Waals surface area (Å²) in [5.74, 6) is 1.35. The van der Waals surface area contributed by atoms with Crippen LogP contribution in [0.15, 0.2) is 77.3 Å². The summed E-state index contributed by atoms with van der Waals surface area (Å²) in [7, 11) is 0. The summed E-state index contributed by atoms with van der Waals surface area (Å²) in [6.07, 6.45) is 0. The summed E-state index contributed by atoms with van der Waals surface area (Å²) >= 11 is 0. The van der Waals surface area contributed by atoms with Crippen molar-refractivity contribution in [1.29, 1.82) is 0 Å². The molecule has 0 unspecified atom stereocenters. The van der Waals surface area contributed by atoms with Gasteiger partial charge in [0.15, 0.2) is 0 Å².